The third-order valence-corrected chi connectivity index (χ3v) is 8.68. The van der Waals surface area contributed by atoms with Crippen molar-refractivity contribution in [1.82, 2.24) is 0 Å². The molecule has 0 N–H and O–H groups in total. The van der Waals surface area contributed by atoms with Crippen LogP contribution in [0.2, 0.25) is 0 Å². The Balaban J connectivity index is 2.11. The Morgan fingerprint density at radius 1 is 0.971 bits per heavy atom. The van der Waals surface area contributed by atoms with Gasteiger partial charge in [-0.15, -0.1) is 0 Å². The first-order valence-electron chi connectivity index (χ1n) is 9.69. The molecule has 1 aliphatic carbocycles. The van der Waals surface area contributed by atoms with Crippen molar-refractivity contribution in [2.75, 3.05) is 10.6 Å². The second-order valence-electron chi connectivity index (χ2n) is 7.68. The lowest BCUT2D eigenvalue weighted by Gasteiger charge is -2.29. The van der Waals surface area contributed by atoms with Gasteiger partial charge in [0.05, 0.1) is 22.0 Å². The van der Waals surface area contributed by atoms with E-state index in [1.807, 2.05) is 0 Å². The zero-order chi connectivity index (χ0) is 25.5. The maximum absolute atomic E-state index is 13.6. The van der Waals surface area contributed by atoms with E-state index in [2.05, 4.69) is 15.9 Å². The van der Waals surface area contributed by atoms with Crippen LogP contribution in [0, 0.1) is 5.92 Å². The summed E-state index contributed by atoms with van der Waals surface area (Å²) in [5.74, 6) is -3.81. The van der Waals surface area contributed by atoms with Crippen LogP contribution in [-0.2, 0) is 31.2 Å². The molecular weight excluding hydrogens is 559 g/mol. The van der Waals surface area contributed by atoms with Crippen molar-refractivity contribution in [1.29, 1.82) is 0 Å². The van der Waals surface area contributed by atoms with E-state index in [1.165, 1.54) is 43.3 Å². The van der Waals surface area contributed by atoms with Crippen LogP contribution in [0.15, 0.2) is 80.5 Å². The molecule has 3 rings (SSSR count). The molecule has 0 bridgehead atoms. The highest BCUT2D eigenvalue weighted by atomic mass is 79.9. The van der Waals surface area contributed by atoms with Crippen LogP contribution in [0.4, 0.5) is 18.9 Å². The number of nitrogens with zero attached hydrogens (tertiary/aromatic N) is 1. The number of ketones is 1. The summed E-state index contributed by atoms with van der Waals surface area (Å²) in [6.07, 6.45) is -2.79. The number of halogens is 4. The van der Waals surface area contributed by atoms with Gasteiger partial charge in [0.1, 0.15) is 5.92 Å². The van der Waals surface area contributed by atoms with Gasteiger partial charge in [-0.05, 0) is 66.6 Å². The summed E-state index contributed by atoms with van der Waals surface area (Å²) in [5, 5.41) is 0. The highest BCUT2D eigenvalue weighted by Gasteiger charge is 2.46. The number of sulfonamides is 1. The van der Waals surface area contributed by atoms with Crippen molar-refractivity contribution in [3.63, 3.8) is 0 Å². The number of carbonyl (C=O) groups excluding carboxylic acids is 1. The van der Waals surface area contributed by atoms with E-state index in [1.54, 1.807) is 12.1 Å². The van der Waals surface area contributed by atoms with E-state index in [-0.39, 0.29) is 22.7 Å². The number of sulfone groups is 1. The van der Waals surface area contributed by atoms with Crippen molar-refractivity contribution >= 4 is 47.3 Å². The zero-order valence-electron chi connectivity index (χ0n) is 17.9. The molecule has 12 heteroatoms. The number of allylic oxidation sites excluding steroid dienone is 3. The lowest BCUT2D eigenvalue weighted by molar-refractivity contribution is -0.168. The maximum atomic E-state index is 13.6. The molecule has 2 aromatic carbocycles. The number of hydrogen-bond donors (Lipinski definition) is 0. The number of carbonyl (C=O) groups is 1. The molecule has 0 saturated heterocycles. The first kappa shape index (κ1) is 26.2. The van der Waals surface area contributed by atoms with Gasteiger partial charge in [0.2, 0.25) is 0 Å². The van der Waals surface area contributed by atoms with Gasteiger partial charge < -0.3 is 0 Å². The third kappa shape index (κ3) is 5.61. The predicted octanol–water partition coefficient (Wildman–Crippen LogP) is 4.78. The lowest BCUT2D eigenvalue weighted by Crippen LogP contribution is -2.36. The summed E-state index contributed by atoms with van der Waals surface area (Å²) in [6, 6.07) is 11.6. The monoisotopic (exact) mass is 577 g/mol. The summed E-state index contributed by atoms with van der Waals surface area (Å²) in [6.45, 7) is 0.970. The van der Waals surface area contributed by atoms with Gasteiger partial charge in [-0.3, -0.25) is 9.10 Å². The van der Waals surface area contributed by atoms with Gasteiger partial charge in [-0.25, -0.2) is 16.8 Å². The zero-order valence-corrected chi connectivity index (χ0v) is 21.1. The molecule has 0 fully saturated rings. The molecule has 182 valence electrons. The van der Waals surface area contributed by atoms with Crippen molar-refractivity contribution in [2.45, 2.75) is 24.5 Å². The van der Waals surface area contributed by atoms with E-state index >= 15 is 0 Å². The second kappa shape index (κ2) is 9.31. The Labute approximate surface area is 203 Å². The summed E-state index contributed by atoms with van der Waals surface area (Å²) in [7, 11) is -8.03. The van der Waals surface area contributed by atoms with Crippen LogP contribution in [-0.4, -0.2) is 35.1 Å². The minimum atomic E-state index is -4.95. The van der Waals surface area contributed by atoms with Gasteiger partial charge >= 0.3 is 6.18 Å². The van der Waals surface area contributed by atoms with Gasteiger partial charge in [0.25, 0.3) is 10.0 Å². The number of anilines is 1. The van der Waals surface area contributed by atoms with Crippen LogP contribution in [0.25, 0.3) is 0 Å². The molecule has 0 heterocycles. The Morgan fingerprint density at radius 2 is 1.53 bits per heavy atom. The predicted molar refractivity (Wildman–Crippen MR) is 125 cm³/mol. The van der Waals surface area contributed by atoms with E-state index < -0.39 is 42.6 Å². The molecular formula is C22H19BrF3NO5S2. The molecule has 0 saturated carbocycles. The Kier molecular flexibility index (Phi) is 7.16. The van der Waals surface area contributed by atoms with Gasteiger partial charge in [-0.1, -0.05) is 28.1 Å². The van der Waals surface area contributed by atoms with Crippen molar-refractivity contribution in [3.05, 3.63) is 81.2 Å². The molecule has 1 unspecified atom stereocenters. The van der Waals surface area contributed by atoms with Gasteiger partial charge in [0, 0.05) is 10.7 Å². The summed E-state index contributed by atoms with van der Waals surface area (Å²) < 4.78 is 92.4. The van der Waals surface area contributed by atoms with Crippen molar-refractivity contribution in [2.24, 2.45) is 5.92 Å². The first-order valence-corrected chi connectivity index (χ1v) is 13.8. The van der Waals surface area contributed by atoms with Gasteiger partial charge in [-0.2, -0.15) is 13.2 Å². The number of alkyl halides is 3. The normalized spacial score (nSPS) is 17.2. The molecule has 1 atom stereocenters. The number of hydrogen-bond acceptors (Lipinski definition) is 5. The smallest absolute Gasteiger partial charge is 0.294 e. The maximum Gasteiger partial charge on any atom is 0.402 e. The summed E-state index contributed by atoms with van der Waals surface area (Å²) in [5.41, 5.74) is 0.463. The van der Waals surface area contributed by atoms with E-state index in [9.17, 15) is 34.8 Å². The Morgan fingerprint density at radius 3 is 2.03 bits per heavy atom. The van der Waals surface area contributed by atoms with E-state index in [0.29, 0.717) is 22.2 Å². The standard InChI is InChI=1S/C22H19BrF3NO5S2/c1-14-11-20(28)19(22(24,25)26)12-21(14)34(31,32)27(17-7-5-16(23)6-8-17)13-15-3-9-18(10-4-15)33(2,29)30/h3-12,19H,13H2,1-2H3. The average molecular weight is 578 g/mol. The number of rotatable bonds is 6. The van der Waals surface area contributed by atoms with Crippen LogP contribution in [0.3, 0.4) is 0 Å². The fourth-order valence-corrected chi connectivity index (χ4v) is 5.96. The molecule has 2 aromatic rings. The van der Waals surface area contributed by atoms with E-state index in [0.717, 1.165) is 10.6 Å². The molecule has 0 amide bonds. The van der Waals surface area contributed by atoms with Gasteiger partial charge in [0.15, 0.2) is 15.6 Å². The molecule has 0 spiro atoms. The average Bonchev–Trinajstić information content (AvgIpc) is 2.71. The quantitative estimate of drug-likeness (QED) is 0.493. The third-order valence-electron chi connectivity index (χ3n) is 5.08. The minimum absolute atomic E-state index is 0.0367. The molecule has 6 nitrogen and oxygen atoms in total. The summed E-state index contributed by atoms with van der Waals surface area (Å²) >= 11 is 3.25. The summed E-state index contributed by atoms with van der Waals surface area (Å²) in [4.78, 5) is 11.3. The van der Waals surface area contributed by atoms with Crippen LogP contribution >= 0.6 is 15.9 Å². The SMILES string of the molecule is CC1=CC(=O)C(C(F)(F)F)C=C1S(=O)(=O)N(Cc1ccc(S(C)(=O)=O)cc1)c1ccc(Br)cc1. The van der Waals surface area contributed by atoms with Crippen molar-refractivity contribution in [3.8, 4) is 0 Å². The van der Waals surface area contributed by atoms with E-state index in [4.69, 9.17) is 0 Å². The van der Waals surface area contributed by atoms with Crippen LogP contribution in [0.5, 0.6) is 0 Å². The Bertz CT molecular complexity index is 1380. The fraction of sp³-hybridized carbons (Fsp3) is 0.227. The first-order chi connectivity index (χ1) is 15.6. The lowest BCUT2D eigenvalue weighted by atomic mass is 9.95. The minimum Gasteiger partial charge on any atom is -0.294 e. The molecule has 34 heavy (non-hydrogen) atoms. The Hall–Kier alpha value is -2.44. The highest BCUT2D eigenvalue weighted by molar-refractivity contribution is 9.10. The molecule has 0 aliphatic heterocycles. The molecule has 0 aromatic heterocycles. The topological polar surface area (TPSA) is 88.6 Å². The number of benzene rings is 2. The van der Waals surface area contributed by atoms with Crippen LogP contribution < -0.4 is 4.31 Å². The second-order valence-corrected chi connectivity index (χ2v) is 12.4. The fourth-order valence-electron chi connectivity index (χ4n) is 3.33. The van der Waals surface area contributed by atoms with Crippen LogP contribution in [0.1, 0.15) is 12.5 Å². The molecule has 1 aliphatic rings. The van der Waals surface area contributed by atoms with Crippen molar-refractivity contribution < 1.29 is 34.8 Å². The highest BCUT2D eigenvalue weighted by Crippen LogP contribution is 2.37. The molecule has 0 radical (unpaired) electrons. The largest absolute Gasteiger partial charge is 0.402 e.